The second-order valence-electron chi connectivity index (χ2n) is 9.98. The minimum atomic E-state index is -0.154. The first-order valence-electron chi connectivity index (χ1n) is 12.0. The van der Waals surface area contributed by atoms with Crippen molar-refractivity contribution in [3.05, 3.63) is 52.2 Å². The van der Waals surface area contributed by atoms with E-state index in [1.54, 1.807) is 17.5 Å². The van der Waals surface area contributed by atoms with E-state index in [-0.39, 0.29) is 17.5 Å². The summed E-state index contributed by atoms with van der Waals surface area (Å²) in [5, 5.41) is 16.1. The van der Waals surface area contributed by atoms with Crippen molar-refractivity contribution in [3.63, 3.8) is 0 Å². The van der Waals surface area contributed by atoms with Gasteiger partial charge in [-0.05, 0) is 75.8 Å². The van der Waals surface area contributed by atoms with Crippen LogP contribution in [0.4, 0.5) is 22.6 Å². The lowest BCUT2D eigenvalue weighted by Gasteiger charge is -2.34. The molecule has 0 unspecified atom stereocenters. The number of carbonyl (C=O) groups is 1. The molecule has 1 aromatic carbocycles. The summed E-state index contributed by atoms with van der Waals surface area (Å²) in [6, 6.07) is 6.65. The number of rotatable bonds is 7. The van der Waals surface area contributed by atoms with Crippen molar-refractivity contribution in [1.29, 1.82) is 0 Å². The molecule has 176 valence electrons. The first-order chi connectivity index (χ1) is 16.4. The third kappa shape index (κ3) is 4.50. The summed E-state index contributed by atoms with van der Waals surface area (Å²) in [4.78, 5) is 26.7. The standard InChI is InChI=1S/C25H29N7OS/c1-25(2)19-8-7-17(11-15(19)9-10-27-25)29-23-26-12-18(22(33)28-16-5-6-16)21(31-23)32-24-30-20(13-34-24)14-3-4-14/h7-8,11-14,16,27H,3-6,9-10H2,1-2H3,(H,28,33)(H2,26,29,30,31,32). The van der Waals surface area contributed by atoms with Crippen LogP contribution in [0.3, 0.4) is 0 Å². The quantitative estimate of drug-likeness (QED) is 0.397. The number of aromatic nitrogens is 3. The maximum atomic E-state index is 12.8. The largest absolute Gasteiger partial charge is 0.349 e. The number of hydrogen-bond acceptors (Lipinski definition) is 8. The highest BCUT2D eigenvalue weighted by atomic mass is 32.1. The molecule has 2 fully saturated rings. The monoisotopic (exact) mass is 475 g/mol. The average molecular weight is 476 g/mol. The molecule has 0 bridgehead atoms. The Labute approximate surface area is 203 Å². The van der Waals surface area contributed by atoms with Crippen molar-refractivity contribution in [2.45, 2.75) is 63.5 Å². The fraction of sp³-hybridized carbons (Fsp3) is 0.440. The Balaban J connectivity index is 1.27. The van der Waals surface area contributed by atoms with E-state index in [9.17, 15) is 4.79 Å². The van der Waals surface area contributed by atoms with Gasteiger partial charge in [0.05, 0.1) is 5.69 Å². The summed E-state index contributed by atoms with van der Waals surface area (Å²) in [5.74, 6) is 1.34. The molecule has 1 aliphatic heterocycles. The van der Waals surface area contributed by atoms with Gasteiger partial charge in [0, 0.05) is 34.8 Å². The molecular formula is C25H29N7OS. The summed E-state index contributed by atoms with van der Waals surface area (Å²) in [6.07, 6.45) is 7.03. The van der Waals surface area contributed by atoms with Crippen LogP contribution >= 0.6 is 11.3 Å². The molecule has 3 aromatic rings. The number of carbonyl (C=O) groups excluding carboxylic acids is 1. The summed E-state index contributed by atoms with van der Waals surface area (Å²) in [5.41, 5.74) is 5.08. The lowest BCUT2D eigenvalue weighted by atomic mass is 9.85. The second-order valence-corrected chi connectivity index (χ2v) is 10.8. The highest BCUT2D eigenvalue weighted by Gasteiger charge is 2.29. The van der Waals surface area contributed by atoms with Crippen LogP contribution in [0.1, 0.15) is 72.6 Å². The molecular weight excluding hydrogens is 446 g/mol. The Morgan fingerprint density at radius 1 is 1.15 bits per heavy atom. The van der Waals surface area contributed by atoms with Gasteiger partial charge in [-0.25, -0.2) is 9.97 Å². The van der Waals surface area contributed by atoms with E-state index in [1.807, 2.05) is 0 Å². The molecule has 2 aromatic heterocycles. The zero-order chi connectivity index (χ0) is 23.3. The van der Waals surface area contributed by atoms with Crippen molar-refractivity contribution in [2.24, 2.45) is 0 Å². The number of nitrogens with zero attached hydrogens (tertiary/aromatic N) is 3. The average Bonchev–Trinajstić information content (AvgIpc) is 3.74. The number of nitrogens with one attached hydrogen (secondary N) is 4. The fourth-order valence-corrected chi connectivity index (χ4v) is 5.22. The van der Waals surface area contributed by atoms with Crippen LogP contribution < -0.4 is 21.3 Å². The number of fused-ring (bicyclic) bond motifs is 1. The van der Waals surface area contributed by atoms with Gasteiger partial charge in [-0.3, -0.25) is 4.79 Å². The SMILES string of the molecule is CC1(C)NCCc2cc(Nc3ncc(C(=O)NC4CC4)c(Nc4nc(C5CC5)cs4)n3)ccc21. The van der Waals surface area contributed by atoms with E-state index in [1.165, 1.54) is 24.0 Å². The lowest BCUT2D eigenvalue weighted by molar-refractivity contribution is 0.0951. The van der Waals surface area contributed by atoms with Crippen LogP contribution in [0.2, 0.25) is 0 Å². The van der Waals surface area contributed by atoms with E-state index >= 15 is 0 Å². The van der Waals surface area contributed by atoms with Gasteiger partial charge < -0.3 is 21.3 Å². The highest BCUT2D eigenvalue weighted by molar-refractivity contribution is 7.13. The van der Waals surface area contributed by atoms with Gasteiger partial charge in [0.1, 0.15) is 5.56 Å². The molecule has 0 radical (unpaired) electrons. The Morgan fingerprint density at radius 2 is 2.00 bits per heavy atom. The molecule has 6 rings (SSSR count). The predicted octanol–water partition coefficient (Wildman–Crippen LogP) is 4.57. The summed E-state index contributed by atoms with van der Waals surface area (Å²) >= 11 is 1.54. The highest BCUT2D eigenvalue weighted by Crippen LogP contribution is 2.41. The molecule has 0 saturated heterocycles. The number of amides is 1. The Hall–Kier alpha value is -3.04. The van der Waals surface area contributed by atoms with E-state index in [0.717, 1.165) is 42.3 Å². The van der Waals surface area contributed by atoms with Crippen molar-refractivity contribution < 1.29 is 4.79 Å². The molecule has 4 N–H and O–H groups in total. The van der Waals surface area contributed by atoms with Gasteiger partial charge in [-0.1, -0.05) is 6.07 Å². The zero-order valence-electron chi connectivity index (χ0n) is 19.4. The zero-order valence-corrected chi connectivity index (χ0v) is 20.3. The molecule has 0 spiro atoms. The lowest BCUT2D eigenvalue weighted by Crippen LogP contribution is -2.42. The van der Waals surface area contributed by atoms with Gasteiger partial charge in [0.25, 0.3) is 5.91 Å². The van der Waals surface area contributed by atoms with Gasteiger partial charge in [-0.2, -0.15) is 4.98 Å². The Bertz CT molecular complexity index is 1250. The smallest absolute Gasteiger partial charge is 0.256 e. The Morgan fingerprint density at radius 3 is 2.79 bits per heavy atom. The maximum Gasteiger partial charge on any atom is 0.256 e. The third-order valence-corrected chi connectivity index (χ3v) is 7.46. The second kappa shape index (κ2) is 8.32. The maximum absolute atomic E-state index is 12.8. The fourth-order valence-electron chi connectivity index (χ4n) is 4.43. The first-order valence-corrected chi connectivity index (χ1v) is 12.9. The number of anilines is 4. The molecule has 0 atom stereocenters. The first kappa shape index (κ1) is 21.5. The van der Waals surface area contributed by atoms with Crippen molar-refractivity contribution in [1.82, 2.24) is 25.6 Å². The molecule has 3 heterocycles. The summed E-state index contributed by atoms with van der Waals surface area (Å²) < 4.78 is 0. The topological polar surface area (TPSA) is 104 Å². The van der Waals surface area contributed by atoms with Gasteiger partial charge >= 0.3 is 0 Å². The molecule has 8 nitrogen and oxygen atoms in total. The third-order valence-electron chi connectivity index (χ3n) is 6.68. The molecule has 1 amide bonds. The normalized spacial score (nSPS) is 18.8. The minimum Gasteiger partial charge on any atom is -0.349 e. The minimum absolute atomic E-state index is 0.0384. The van der Waals surface area contributed by atoms with E-state index < -0.39 is 0 Å². The van der Waals surface area contributed by atoms with E-state index in [2.05, 4.69) is 68.7 Å². The van der Waals surface area contributed by atoms with Crippen molar-refractivity contribution >= 4 is 39.8 Å². The van der Waals surface area contributed by atoms with Crippen molar-refractivity contribution in [3.8, 4) is 0 Å². The van der Waals surface area contributed by atoms with Crippen LogP contribution in [0, 0.1) is 0 Å². The van der Waals surface area contributed by atoms with Crippen LogP contribution in [0.25, 0.3) is 0 Å². The molecule has 2 aliphatic carbocycles. The number of thiazole rings is 1. The van der Waals surface area contributed by atoms with Gasteiger partial charge in [0.2, 0.25) is 5.95 Å². The molecule has 3 aliphatic rings. The van der Waals surface area contributed by atoms with E-state index in [0.29, 0.717) is 23.2 Å². The van der Waals surface area contributed by atoms with Gasteiger partial charge in [-0.15, -0.1) is 11.3 Å². The van der Waals surface area contributed by atoms with Crippen molar-refractivity contribution in [2.75, 3.05) is 17.2 Å². The molecule has 34 heavy (non-hydrogen) atoms. The van der Waals surface area contributed by atoms with Gasteiger partial charge in [0.15, 0.2) is 10.9 Å². The van der Waals surface area contributed by atoms with Crippen LogP contribution in [0.5, 0.6) is 0 Å². The Kier molecular flexibility index (Phi) is 5.26. The summed E-state index contributed by atoms with van der Waals surface area (Å²) in [7, 11) is 0. The molecule has 9 heteroatoms. The van der Waals surface area contributed by atoms with E-state index in [4.69, 9.17) is 4.98 Å². The molecule has 2 saturated carbocycles. The number of hydrogen-bond donors (Lipinski definition) is 4. The van der Waals surface area contributed by atoms with Crippen LogP contribution in [-0.4, -0.2) is 33.4 Å². The predicted molar refractivity (Wildman–Crippen MR) is 134 cm³/mol. The number of benzene rings is 1. The van der Waals surface area contributed by atoms with Crippen LogP contribution in [-0.2, 0) is 12.0 Å². The van der Waals surface area contributed by atoms with Crippen LogP contribution in [0.15, 0.2) is 29.8 Å². The summed E-state index contributed by atoms with van der Waals surface area (Å²) in [6.45, 7) is 5.37.